The first-order valence-electron chi connectivity index (χ1n) is 30.3. The molecule has 0 fully saturated rings. The van der Waals surface area contributed by atoms with Crippen LogP contribution in [0.15, 0.2) is 24.3 Å². The second-order valence-electron chi connectivity index (χ2n) is 19.4. The van der Waals surface area contributed by atoms with Gasteiger partial charge in [0.2, 0.25) is 0 Å². The van der Waals surface area contributed by atoms with Gasteiger partial charge >= 0.3 is 11.9 Å². The summed E-state index contributed by atoms with van der Waals surface area (Å²) in [6.45, 7) is 13.9. The second kappa shape index (κ2) is 66.3. The molecule has 0 heterocycles. The fourth-order valence-electron chi connectivity index (χ4n) is 7.83. The highest BCUT2D eigenvalue weighted by Gasteiger charge is 2.11. The van der Waals surface area contributed by atoms with E-state index in [4.69, 9.17) is 52.1 Å². The van der Waals surface area contributed by atoms with E-state index in [1.807, 2.05) is 0 Å². The van der Waals surface area contributed by atoms with E-state index in [0.717, 1.165) is 26.1 Å². The number of ether oxygens (including phenoxy) is 11. The molecule has 0 amide bonds. The quantitative estimate of drug-likeness (QED) is 0.0336. The van der Waals surface area contributed by atoms with Gasteiger partial charge in [-0.1, -0.05) is 154 Å². The number of unbranched alkanes of at least 4 members (excludes halogenated alkanes) is 24. The lowest BCUT2D eigenvalue weighted by Crippen LogP contribution is -2.31. The van der Waals surface area contributed by atoms with Gasteiger partial charge in [-0.15, -0.1) is 0 Å². The fourth-order valence-corrected chi connectivity index (χ4v) is 7.83. The Labute approximate surface area is 459 Å². The Bertz CT molecular complexity index is 1180. The summed E-state index contributed by atoms with van der Waals surface area (Å²) >= 11 is 0. The van der Waals surface area contributed by atoms with E-state index in [0.29, 0.717) is 99.0 Å². The van der Waals surface area contributed by atoms with Crippen LogP contribution in [0, 0.1) is 0 Å². The van der Waals surface area contributed by atoms with Gasteiger partial charge < -0.3 is 62.7 Å². The van der Waals surface area contributed by atoms with Crippen molar-refractivity contribution in [3.05, 3.63) is 24.3 Å². The first-order valence-corrected chi connectivity index (χ1v) is 30.3. The normalized spacial score (nSPS) is 12.2. The van der Waals surface area contributed by atoms with Crippen LogP contribution in [0.2, 0.25) is 0 Å². The van der Waals surface area contributed by atoms with Crippen LogP contribution < -0.4 is 10.6 Å². The van der Waals surface area contributed by atoms with Gasteiger partial charge in [0, 0.05) is 33.4 Å². The Morgan fingerprint density at radius 2 is 0.667 bits per heavy atom. The molecule has 0 rings (SSSR count). The van der Waals surface area contributed by atoms with E-state index in [9.17, 15) is 9.59 Å². The number of esters is 2. The lowest BCUT2D eigenvalue weighted by molar-refractivity contribution is -0.144. The van der Waals surface area contributed by atoms with Crippen molar-refractivity contribution in [3.63, 3.8) is 0 Å². The molecule has 75 heavy (non-hydrogen) atoms. The highest BCUT2D eigenvalue weighted by molar-refractivity contribution is 5.72. The average Bonchev–Trinajstić information content (AvgIpc) is 3.41. The van der Waals surface area contributed by atoms with Crippen molar-refractivity contribution in [3.8, 4) is 0 Å². The Kier molecular flexibility index (Phi) is 64.5. The summed E-state index contributed by atoms with van der Waals surface area (Å²) in [5.41, 5.74) is 0. The lowest BCUT2D eigenvalue weighted by Gasteiger charge is -2.18. The van der Waals surface area contributed by atoms with Crippen molar-refractivity contribution in [1.82, 2.24) is 10.6 Å². The Morgan fingerprint density at radius 1 is 0.347 bits per heavy atom. The lowest BCUT2D eigenvalue weighted by atomic mass is 10.1. The summed E-state index contributed by atoms with van der Waals surface area (Å²) < 4.78 is 61.3. The molecular formula is C60H116N2O13. The van der Waals surface area contributed by atoms with Gasteiger partial charge in [-0.25, -0.2) is 0 Å². The van der Waals surface area contributed by atoms with Gasteiger partial charge in [0.1, 0.15) is 19.3 Å². The van der Waals surface area contributed by atoms with Crippen LogP contribution in [0.4, 0.5) is 0 Å². The summed E-state index contributed by atoms with van der Waals surface area (Å²) in [5, 5.41) is 5.78. The largest absolute Gasteiger partial charge is 0.463 e. The zero-order chi connectivity index (χ0) is 54.1. The Morgan fingerprint density at radius 3 is 1.08 bits per heavy atom. The number of methoxy groups -OCH3 is 1. The van der Waals surface area contributed by atoms with Crippen molar-refractivity contribution in [2.24, 2.45) is 0 Å². The van der Waals surface area contributed by atoms with Gasteiger partial charge in [0.15, 0.2) is 0 Å². The summed E-state index contributed by atoms with van der Waals surface area (Å²) in [4.78, 5) is 23.4. The maximum Gasteiger partial charge on any atom is 0.320 e. The number of carbonyl (C=O) groups excluding carboxylic acids is 2. The molecular weight excluding hydrogens is 957 g/mol. The summed E-state index contributed by atoms with van der Waals surface area (Å²) in [5.74, 6) is -0.768. The topological polar surface area (TPSA) is 160 Å². The minimum Gasteiger partial charge on any atom is -0.463 e. The van der Waals surface area contributed by atoms with Crippen LogP contribution in [0.1, 0.15) is 194 Å². The van der Waals surface area contributed by atoms with Crippen molar-refractivity contribution >= 4 is 11.9 Å². The molecule has 0 aliphatic rings. The first-order chi connectivity index (χ1) is 37.1. The third-order valence-corrected chi connectivity index (χ3v) is 12.3. The maximum atomic E-state index is 11.8. The second-order valence-corrected chi connectivity index (χ2v) is 19.4. The zero-order valence-electron chi connectivity index (χ0n) is 48.5. The van der Waals surface area contributed by atoms with Gasteiger partial charge in [-0.2, -0.15) is 0 Å². The minimum atomic E-state index is -0.406. The number of allylic oxidation sites excluding steroid dienone is 4. The van der Waals surface area contributed by atoms with Crippen LogP contribution in [0.5, 0.6) is 0 Å². The van der Waals surface area contributed by atoms with Crippen molar-refractivity contribution in [2.75, 3.05) is 152 Å². The molecule has 1 unspecified atom stereocenters. The molecule has 0 spiro atoms. The van der Waals surface area contributed by atoms with Crippen molar-refractivity contribution in [2.45, 2.75) is 200 Å². The van der Waals surface area contributed by atoms with Crippen molar-refractivity contribution < 1.29 is 61.7 Å². The number of rotatable bonds is 65. The van der Waals surface area contributed by atoms with Gasteiger partial charge in [0.25, 0.3) is 0 Å². The van der Waals surface area contributed by atoms with Crippen LogP contribution in [-0.2, 0) is 61.7 Å². The van der Waals surface area contributed by atoms with E-state index >= 15 is 0 Å². The Balaban J connectivity index is 3.96. The summed E-state index contributed by atoms with van der Waals surface area (Å²) in [6, 6.07) is 0. The summed E-state index contributed by atoms with van der Waals surface area (Å²) in [6.07, 6.45) is 45.9. The van der Waals surface area contributed by atoms with Crippen LogP contribution >= 0.6 is 0 Å². The van der Waals surface area contributed by atoms with Crippen LogP contribution in [0.25, 0.3) is 0 Å². The molecule has 0 aromatic carbocycles. The molecule has 15 heteroatoms. The zero-order valence-corrected chi connectivity index (χ0v) is 48.5. The Hall–Kier alpha value is -2.02. The smallest absolute Gasteiger partial charge is 0.320 e. The highest BCUT2D eigenvalue weighted by Crippen LogP contribution is 2.13. The molecule has 0 aromatic heterocycles. The minimum absolute atomic E-state index is 0.0201. The van der Waals surface area contributed by atoms with Crippen LogP contribution in [0.3, 0.4) is 0 Å². The maximum absolute atomic E-state index is 11.8. The number of hydrogen-bond acceptors (Lipinski definition) is 15. The third-order valence-electron chi connectivity index (χ3n) is 12.3. The van der Waals surface area contributed by atoms with Gasteiger partial charge in [0.05, 0.1) is 106 Å². The molecule has 1 atom stereocenters. The van der Waals surface area contributed by atoms with Crippen LogP contribution in [-0.4, -0.2) is 170 Å². The van der Waals surface area contributed by atoms with E-state index < -0.39 is 5.97 Å². The van der Waals surface area contributed by atoms with E-state index in [2.05, 4.69) is 48.8 Å². The molecule has 0 aliphatic heterocycles. The van der Waals surface area contributed by atoms with Gasteiger partial charge in [-0.05, 0) is 64.2 Å². The van der Waals surface area contributed by atoms with Gasteiger partial charge in [-0.3, -0.25) is 9.59 Å². The van der Waals surface area contributed by atoms with E-state index in [-0.39, 0.29) is 45.0 Å². The molecule has 0 radical (unpaired) electrons. The highest BCUT2D eigenvalue weighted by atomic mass is 16.6. The van der Waals surface area contributed by atoms with E-state index in [1.165, 1.54) is 167 Å². The molecule has 0 aliphatic carbocycles. The number of hydrogen-bond donors (Lipinski definition) is 2. The molecule has 0 saturated carbocycles. The van der Waals surface area contributed by atoms with Crippen molar-refractivity contribution in [1.29, 1.82) is 0 Å². The monoisotopic (exact) mass is 1070 g/mol. The third kappa shape index (κ3) is 64.4. The SMILES string of the molecule is CCCCCCCC/C=C\CCCCCCCCOCC(COCCOCCOCCOCCOCCOCCOC(=O)CNCCOC(=O)CNCCOC)OCCCCCCCC/C=C\CCCCCCCC. The molecule has 2 N–H and O–H groups in total. The predicted molar refractivity (Wildman–Crippen MR) is 304 cm³/mol. The number of nitrogens with one attached hydrogen (secondary N) is 2. The summed E-state index contributed by atoms with van der Waals surface area (Å²) in [7, 11) is 1.59. The number of carbonyl (C=O) groups is 2. The predicted octanol–water partition coefficient (Wildman–Crippen LogP) is 11.5. The molecule has 15 nitrogen and oxygen atoms in total. The van der Waals surface area contributed by atoms with E-state index in [1.54, 1.807) is 7.11 Å². The standard InChI is InChI=1S/C60H116N2O13/c1-4-6-8-10-12-14-16-18-20-22-24-26-28-30-32-34-38-71-56-58(73-39-35-33-31-29-27-25-23-21-19-17-15-13-11-9-7-5-2)57-72-51-50-69-47-46-67-43-42-66-44-45-68-48-49-70-52-53-75-60(64)55-62-37-41-74-59(63)54-61-36-40-65-3/h18-21,58,61-62H,4-17,22-57H2,1-3H3/b20-18-,21-19-. The first kappa shape index (κ1) is 73.0. The molecule has 0 saturated heterocycles. The average molecular weight is 1070 g/mol. The molecule has 0 bridgehead atoms. The molecule has 0 aromatic rings. The fraction of sp³-hybridized carbons (Fsp3) is 0.900. The molecule has 444 valence electrons.